The maximum absolute atomic E-state index is 12.2. The molecule has 7 heteroatoms. The van der Waals surface area contributed by atoms with E-state index >= 15 is 0 Å². The number of carbonyl (C=O) groups excluding carboxylic acids is 1. The van der Waals surface area contributed by atoms with Crippen LogP contribution in [0.4, 0.5) is 10.5 Å². The molecule has 22 heavy (non-hydrogen) atoms. The summed E-state index contributed by atoms with van der Waals surface area (Å²) in [5, 5.41) is 8.47. The van der Waals surface area contributed by atoms with Crippen molar-refractivity contribution in [3.63, 3.8) is 0 Å². The number of aromatic nitrogens is 1. The molecule has 1 aromatic heterocycles. The van der Waals surface area contributed by atoms with Crippen LogP contribution in [0.2, 0.25) is 0 Å². The molecule has 0 aliphatic carbocycles. The summed E-state index contributed by atoms with van der Waals surface area (Å²) in [5.74, 6) is 0. The Morgan fingerprint density at radius 1 is 1.36 bits per heavy atom. The lowest BCUT2D eigenvalue weighted by molar-refractivity contribution is 0.241. The number of hydrogen-bond donors (Lipinski definition) is 2. The van der Waals surface area contributed by atoms with Crippen LogP contribution in [0, 0.1) is 6.92 Å². The van der Waals surface area contributed by atoms with Crippen molar-refractivity contribution < 1.29 is 9.00 Å². The zero-order chi connectivity index (χ0) is 16.3. The predicted octanol–water partition coefficient (Wildman–Crippen LogP) is 3.25. The van der Waals surface area contributed by atoms with E-state index in [1.807, 2.05) is 26.2 Å². The Balaban J connectivity index is 2.06. The summed E-state index contributed by atoms with van der Waals surface area (Å²) in [6, 6.07) is 6.67. The monoisotopic (exact) mass is 337 g/mol. The zero-order valence-electron chi connectivity index (χ0n) is 13.0. The van der Waals surface area contributed by atoms with Gasteiger partial charge in [0.25, 0.3) is 0 Å². The Hall–Kier alpha value is -1.73. The Morgan fingerprint density at radius 2 is 2.09 bits per heavy atom. The number of carbonyl (C=O) groups is 1. The van der Waals surface area contributed by atoms with Crippen LogP contribution in [-0.4, -0.2) is 21.5 Å². The Bertz CT molecular complexity index is 710. The van der Waals surface area contributed by atoms with Gasteiger partial charge in [0.05, 0.1) is 5.54 Å². The first-order valence-corrected chi connectivity index (χ1v) is 9.17. The summed E-state index contributed by atoms with van der Waals surface area (Å²) in [6.07, 6.45) is 1.60. The van der Waals surface area contributed by atoms with Crippen molar-refractivity contribution >= 4 is 33.9 Å². The van der Waals surface area contributed by atoms with Gasteiger partial charge in [-0.3, -0.25) is 4.21 Å². The van der Waals surface area contributed by atoms with Crippen molar-refractivity contribution in [2.24, 2.45) is 0 Å². The van der Waals surface area contributed by atoms with E-state index in [0.717, 1.165) is 10.7 Å². The molecule has 1 aromatic carbocycles. The minimum absolute atomic E-state index is 0.322. The second-order valence-electron chi connectivity index (χ2n) is 5.48. The number of benzene rings is 1. The molecular formula is C15H19N3O2S2. The summed E-state index contributed by atoms with van der Waals surface area (Å²) < 4.78 is 11.5. The SMILES string of the molecule is Cc1csc(C(C)(C)NC(=O)Nc2cccc([S@](C)=O)c2)n1. The van der Waals surface area contributed by atoms with Crippen LogP contribution in [0.15, 0.2) is 34.5 Å². The number of nitrogens with zero attached hydrogens (tertiary/aromatic N) is 1. The minimum atomic E-state index is -1.08. The van der Waals surface area contributed by atoms with Crippen molar-refractivity contribution in [1.29, 1.82) is 0 Å². The van der Waals surface area contributed by atoms with Gasteiger partial charge in [-0.15, -0.1) is 11.3 Å². The maximum atomic E-state index is 12.2. The molecule has 0 fully saturated rings. The van der Waals surface area contributed by atoms with Crippen molar-refractivity contribution in [2.45, 2.75) is 31.2 Å². The van der Waals surface area contributed by atoms with E-state index in [9.17, 15) is 9.00 Å². The third-order valence-electron chi connectivity index (χ3n) is 3.00. The van der Waals surface area contributed by atoms with Crippen molar-refractivity contribution in [3.05, 3.63) is 40.3 Å². The molecule has 1 heterocycles. The molecule has 0 aliphatic heterocycles. The van der Waals surface area contributed by atoms with Crippen LogP contribution < -0.4 is 10.6 Å². The van der Waals surface area contributed by atoms with Gasteiger partial charge < -0.3 is 10.6 Å². The van der Waals surface area contributed by atoms with Crippen LogP contribution in [0.5, 0.6) is 0 Å². The van der Waals surface area contributed by atoms with Gasteiger partial charge in [0.15, 0.2) is 0 Å². The average Bonchev–Trinajstić information content (AvgIpc) is 2.85. The van der Waals surface area contributed by atoms with Crippen LogP contribution in [-0.2, 0) is 16.3 Å². The number of rotatable bonds is 4. The third kappa shape index (κ3) is 4.14. The molecule has 0 bridgehead atoms. The van der Waals surface area contributed by atoms with Gasteiger partial charge in [0.1, 0.15) is 5.01 Å². The van der Waals surface area contributed by atoms with E-state index in [2.05, 4.69) is 15.6 Å². The average molecular weight is 337 g/mol. The van der Waals surface area contributed by atoms with E-state index in [0.29, 0.717) is 10.6 Å². The molecule has 1 atom stereocenters. The van der Waals surface area contributed by atoms with Gasteiger partial charge in [-0.25, -0.2) is 9.78 Å². The molecule has 0 saturated heterocycles. The van der Waals surface area contributed by atoms with Gasteiger partial charge in [-0.05, 0) is 39.0 Å². The Labute approximate surface area is 136 Å². The second kappa shape index (κ2) is 6.58. The number of aryl methyl sites for hydroxylation is 1. The van der Waals surface area contributed by atoms with E-state index in [1.165, 1.54) is 11.3 Å². The van der Waals surface area contributed by atoms with Crippen LogP contribution in [0.3, 0.4) is 0 Å². The lowest BCUT2D eigenvalue weighted by Gasteiger charge is -2.24. The summed E-state index contributed by atoms with van der Waals surface area (Å²) in [6.45, 7) is 5.73. The smallest absolute Gasteiger partial charge is 0.319 e. The highest BCUT2D eigenvalue weighted by atomic mass is 32.2. The molecule has 0 aliphatic rings. The van der Waals surface area contributed by atoms with E-state index < -0.39 is 16.3 Å². The number of thiazole rings is 1. The highest BCUT2D eigenvalue weighted by molar-refractivity contribution is 7.84. The lowest BCUT2D eigenvalue weighted by Crippen LogP contribution is -2.43. The first-order valence-electron chi connectivity index (χ1n) is 6.73. The highest BCUT2D eigenvalue weighted by Gasteiger charge is 2.26. The standard InChI is InChI=1S/C15H19N3O2S2/c1-10-9-21-13(16-10)15(2,3)18-14(19)17-11-6-5-7-12(8-11)22(4)20/h5-9H,1-4H3,(H2,17,18,19)/t22-/m0/s1. The van der Waals surface area contributed by atoms with Gasteiger partial charge in [0, 0.05) is 38.7 Å². The summed E-state index contributed by atoms with van der Waals surface area (Å²) >= 11 is 1.52. The van der Waals surface area contributed by atoms with Crippen molar-refractivity contribution in [3.8, 4) is 0 Å². The Kier molecular flexibility index (Phi) is 4.97. The van der Waals surface area contributed by atoms with Gasteiger partial charge >= 0.3 is 6.03 Å². The first-order chi connectivity index (χ1) is 10.3. The summed E-state index contributed by atoms with van der Waals surface area (Å²) in [5.41, 5.74) is 0.985. The van der Waals surface area contributed by atoms with Crippen molar-refractivity contribution in [1.82, 2.24) is 10.3 Å². The second-order valence-corrected chi connectivity index (χ2v) is 7.72. The normalized spacial score (nSPS) is 12.7. The van der Waals surface area contributed by atoms with Gasteiger partial charge in [-0.2, -0.15) is 0 Å². The number of amides is 2. The maximum Gasteiger partial charge on any atom is 0.319 e. The summed E-state index contributed by atoms with van der Waals surface area (Å²) in [7, 11) is -1.08. The van der Waals surface area contributed by atoms with Crippen LogP contribution >= 0.6 is 11.3 Å². The number of urea groups is 1. The lowest BCUT2D eigenvalue weighted by atomic mass is 10.1. The fourth-order valence-electron chi connectivity index (χ4n) is 1.89. The quantitative estimate of drug-likeness (QED) is 0.899. The van der Waals surface area contributed by atoms with Crippen molar-refractivity contribution in [2.75, 3.05) is 11.6 Å². The molecule has 2 rings (SSSR count). The predicted molar refractivity (Wildman–Crippen MR) is 90.8 cm³/mol. The van der Waals surface area contributed by atoms with E-state index in [-0.39, 0.29) is 6.03 Å². The van der Waals surface area contributed by atoms with Crippen LogP contribution in [0.1, 0.15) is 24.5 Å². The first kappa shape index (κ1) is 16.6. The fraction of sp³-hybridized carbons (Fsp3) is 0.333. The molecule has 0 radical (unpaired) electrons. The topological polar surface area (TPSA) is 71.1 Å². The molecule has 2 aromatic rings. The van der Waals surface area contributed by atoms with Crippen LogP contribution in [0.25, 0.3) is 0 Å². The van der Waals surface area contributed by atoms with E-state index in [1.54, 1.807) is 30.5 Å². The fourth-order valence-corrected chi connectivity index (χ4v) is 3.33. The molecule has 2 N–H and O–H groups in total. The molecule has 5 nitrogen and oxygen atoms in total. The van der Waals surface area contributed by atoms with E-state index in [4.69, 9.17) is 0 Å². The van der Waals surface area contributed by atoms with Gasteiger partial charge in [0.2, 0.25) is 0 Å². The number of anilines is 1. The molecular weight excluding hydrogens is 318 g/mol. The molecule has 0 unspecified atom stereocenters. The van der Waals surface area contributed by atoms with Gasteiger partial charge in [-0.1, -0.05) is 6.07 Å². The molecule has 118 valence electrons. The molecule has 0 spiro atoms. The highest BCUT2D eigenvalue weighted by Crippen LogP contribution is 2.24. The molecule has 2 amide bonds. The molecule has 0 saturated carbocycles. The Morgan fingerprint density at radius 3 is 2.68 bits per heavy atom. The summed E-state index contributed by atoms with van der Waals surface area (Å²) in [4.78, 5) is 17.3. The zero-order valence-corrected chi connectivity index (χ0v) is 14.6. The minimum Gasteiger partial charge on any atom is -0.326 e. The largest absolute Gasteiger partial charge is 0.326 e. The third-order valence-corrected chi connectivity index (χ3v) is 5.21. The number of nitrogens with one attached hydrogen (secondary N) is 2. The number of hydrogen-bond acceptors (Lipinski definition) is 4.